The number of hydrogen-bond donors (Lipinski definition) is 1. The van der Waals surface area contributed by atoms with Crippen LogP contribution in [0.5, 0.6) is 0 Å². The lowest BCUT2D eigenvalue weighted by atomic mass is 10.2. The molecule has 0 bridgehead atoms. The summed E-state index contributed by atoms with van der Waals surface area (Å²) in [6.07, 6.45) is 0.559. The molecule has 0 aliphatic carbocycles. The van der Waals surface area contributed by atoms with E-state index >= 15 is 0 Å². The molecular formula is C19H15BrCl2OP+. The highest BCUT2D eigenvalue weighted by Gasteiger charge is 2.41. The van der Waals surface area contributed by atoms with Crippen molar-refractivity contribution < 1.29 is 4.89 Å². The molecule has 3 aromatic rings. The van der Waals surface area contributed by atoms with Crippen molar-refractivity contribution in [3.63, 3.8) is 0 Å². The summed E-state index contributed by atoms with van der Waals surface area (Å²) in [6.45, 7) is 0. The van der Waals surface area contributed by atoms with Crippen molar-refractivity contribution in [2.75, 3.05) is 0 Å². The van der Waals surface area contributed by atoms with Crippen molar-refractivity contribution in [2.45, 2.75) is 6.16 Å². The molecule has 0 saturated carbocycles. The average molecular weight is 441 g/mol. The van der Waals surface area contributed by atoms with Gasteiger partial charge < -0.3 is 0 Å². The largest absolute Gasteiger partial charge is 0.240 e. The second-order valence-electron chi connectivity index (χ2n) is 5.51. The Morgan fingerprint density at radius 2 is 1.12 bits per heavy atom. The molecule has 5 heteroatoms. The van der Waals surface area contributed by atoms with Gasteiger partial charge in [-0.25, -0.2) is 4.89 Å². The first-order chi connectivity index (χ1) is 11.5. The Morgan fingerprint density at radius 3 is 1.54 bits per heavy atom. The number of halogens is 3. The zero-order valence-electron chi connectivity index (χ0n) is 12.7. The molecule has 3 aromatic carbocycles. The monoisotopic (exact) mass is 439 g/mol. The van der Waals surface area contributed by atoms with E-state index in [-0.39, 0.29) is 0 Å². The van der Waals surface area contributed by atoms with Crippen LogP contribution in [0.3, 0.4) is 0 Å². The molecule has 0 aliphatic heterocycles. The van der Waals surface area contributed by atoms with E-state index < -0.39 is 7.49 Å². The zero-order chi connectivity index (χ0) is 17.2. The lowest BCUT2D eigenvalue weighted by molar-refractivity contribution is 0.621. The highest BCUT2D eigenvalue weighted by Crippen LogP contribution is 2.55. The van der Waals surface area contributed by atoms with Crippen LogP contribution >= 0.6 is 46.6 Å². The van der Waals surface area contributed by atoms with Gasteiger partial charge in [-0.3, -0.25) is 0 Å². The first-order valence-corrected chi connectivity index (χ1v) is 10.8. The molecule has 0 radical (unpaired) electrons. The fraction of sp³-hybridized carbons (Fsp3) is 0.0526. The lowest BCUT2D eigenvalue weighted by Crippen LogP contribution is -2.23. The molecule has 0 aliphatic rings. The van der Waals surface area contributed by atoms with Crippen LogP contribution < -0.4 is 10.6 Å². The van der Waals surface area contributed by atoms with E-state index in [1.807, 2.05) is 72.8 Å². The lowest BCUT2D eigenvalue weighted by Gasteiger charge is -2.20. The van der Waals surface area contributed by atoms with E-state index in [4.69, 9.17) is 23.2 Å². The molecule has 122 valence electrons. The minimum absolute atomic E-state index is 0.559. The van der Waals surface area contributed by atoms with Gasteiger partial charge in [-0.2, -0.15) is 0 Å². The highest BCUT2D eigenvalue weighted by molar-refractivity contribution is 9.10. The first-order valence-electron chi connectivity index (χ1n) is 7.35. The zero-order valence-corrected chi connectivity index (χ0v) is 16.7. The van der Waals surface area contributed by atoms with Crippen LogP contribution in [-0.2, 0) is 6.16 Å². The van der Waals surface area contributed by atoms with Crippen LogP contribution in [0.1, 0.15) is 5.56 Å². The van der Waals surface area contributed by atoms with E-state index in [0.717, 1.165) is 20.6 Å². The van der Waals surface area contributed by atoms with Crippen molar-refractivity contribution in [3.05, 3.63) is 92.9 Å². The van der Waals surface area contributed by atoms with Crippen LogP contribution in [0.15, 0.2) is 77.3 Å². The summed E-state index contributed by atoms with van der Waals surface area (Å²) in [4.78, 5) is 11.7. The summed E-state index contributed by atoms with van der Waals surface area (Å²) in [5.41, 5.74) is 1.08. The molecule has 0 heterocycles. The Kier molecular flexibility index (Phi) is 5.64. The highest BCUT2D eigenvalue weighted by atomic mass is 79.9. The molecule has 0 fully saturated rings. The Hall–Kier alpha value is -0.890. The SMILES string of the molecule is O[P+](Cc1ccc(Br)cc1)(c1ccc(Cl)cc1)c1ccc(Cl)cc1. The Labute approximate surface area is 160 Å². The van der Waals surface area contributed by atoms with Gasteiger partial charge in [-0.05, 0) is 66.2 Å². The van der Waals surface area contributed by atoms with E-state index in [1.54, 1.807) is 0 Å². The molecule has 0 atom stereocenters. The van der Waals surface area contributed by atoms with Gasteiger partial charge >= 0.3 is 0 Å². The van der Waals surface area contributed by atoms with E-state index in [1.165, 1.54) is 0 Å². The number of rotatable bonds is 4. The van der Waals surface area contributed by atoms with Gasteiger partial charge in [-0.15, -0.1) is 0 Å². The van der Waals surface area contributed by atoms with Crippen LogP contribution in [0, 0.1) is 0 Å². The molecule has 1 N–H and O–H groups in total. The van der Waals surface area contributed by atoms with Gasteiger partial charge in [0.1, 0.15) is 16.8 Å². The van der Waals surface area contributed by atoms with Crippen molar-refractivity contribution in [3.8, 4) is 0 Å². The topological polar surface area (TPSA) is 20.2 Å². The van der Waals surface area contributed by atoms with Gasteiger partial charge in [0, 0.05) is 14.5 Å². The van der Waals surface area contributed by atoms with Crippen molar-refractivity contribution in [2.24, 2.45) is 0 Å². The molecule has 0 spiro atoms. The van der Waals surface area contributed by atoms with Gasteiger partial charge in [0.25, 0.3) is 0 Å². The van der Waals surface area contributed by atoms with E-state index in [2.05, 4.69) is 15.9 Å². The van der Waals surface area contributed by atoms with Gasteiger partial charge in [0.15, 0.2) is 0 Å². The normalized spacial score (nSPS) is 11.5. The molecule has 1 nitrogen and oxygen atoms in total. The van der Waals surface area contributed by atoms with Crippen molar-refractivity contribution in [1.82, 2.24) is 0 Å². The number of benzene rings is 3. The van der Waals surface area contributed by atoms with Crippen LogP contribution in [0.4, 0.5) is 0 Å². The molecular weight excluding hydrogens is 426 g/mol. The van der Waals surface area contributed by atoms with Crippen molar-refractivity contribution >= 4 is 57.2 Å². The third kappa shape index (κ3) is 4.02. The number of hydrogen-bond acceptors (Lipinski definition) is 1. The first kappa shape index (κ1) is 17.9. The van der Waals surface area contributed by atoms with Crippen LogP contribution in [-0.4, -0.2) is 4.89 Å². The minimum Gasteiger partial charge on any atom is -0.240 e. The summed E-state index contributed by atoms with van der Waals surface area (Å²) >= 11 is 15.5. The molecule has 3 rings (SSSR count). The summed E-state index contributed by atoms with van der Waals surface area (Å²) in [7, 11) is -2.58. The predicted molar refractivity (Wildman–Crippen MR) is 109 cm³/mol. The maximum Gasteiger partial charge on any atom is 0.210 e. The van der Waals surface area contributed by atoms with Gasteiger partial charge in [0.05, 0.1) is 0 Å². The molecule has 0 unspecified atom stereocenters. The Morgan fingerprint density at radius 1 is 0.708 bits per heavy atom. The fourth-order valence-electron chi connectivity index (χ4n) is 2.56. The van der Waals surface area contributed by atoms with Gasteiger partial charge in [-0.1, -0.05) is 51.3 Å². The molecule has 0 saturated heterocycles. The Bertz CT molecular complexity index is 772. The molecule has 0 amide bonds. The summed E-state index contributed by atoms with van der Waals surface area (Å²) in [6, 6.07) is 22.9. The maximum absolute atomic E-state index is 11.7. The fourth-order valence-corrected chi connectivity index (χ4v) is 5.76. The third-order valence-electron chi connectivity index (χ3n) is 3.83. The van der Waals surface area contributed by atoms with Gasteiger partial charge in [0.2, 0.25) is 7.49 Å². The summed E-state index contributed by atoms with van der Waals surface area (Å²) in [5.74, 6) is 0. The quantitative estimate of drug-likeness (QED) is 0.506. The average Bonchev–Trinajstić information content (AvgIpc) is 2.58. The van der Waals surface area contributed by atoms with Crippen LogP contribution in [0.25, 0.3) is 0 Å². The second-order valence-corrected chi connectivity index (χ2v) is 10.2. The molecule has 24 heavy (non-hydrogen) atoms. The van der Waals surface area contributed by atoms with E-state index in [9.17, 15) is 4.89 Å². The Balaban J connectivity index is 2.07. The molecule has 0 aromatic heterocycles. The predicted octanol–water partition coefficient (Wildman–Crippen LogP) is 5.83. The third-order valence-corrected chi connectivity index (χ3v) is 7.99. The summed E-state index contributed by atoms with van der Waals surface area (Å²) in [5, 5.41) is 3.12. The van der Waals surface area contributed by atoms with Crippen LogP contribution in [0.2, 0.25) is 10.0 Å². The summed E-state index contributed by atoms with van der Waals surface area (Å²) < 4.78 is 1.02. The van der Waals surface area contributed by atoms with E-state index in [0.29, 0.717) is 16.2 Å². The standard InChI is InChI=1S/C19H15BrCl2OP/c20-15-3-1-14(2-4-15)13-24(23,18-9-5-16(21)6-10-18)19-11-7-17(22)8-12-19/h1-12,23H,13H2/q+1. The maximum atomic E-state index is 11.7. The second kappa shape index (κ2) is 7.56. The minimum atomic E-state index is -2.58. The van der Waals surface area contributed by atoms with Crippen molar-refractivity contribution in [1.29, 1.82) is 0 Å². The smallest absolute Gasteiger partial charge is 0.210 e.